The Morgan fingerprint density at radius 1 is 0.621 bits per heavy atom. The second-order valence-corrected chi connectivity index (χ2v) is 12.5. The number of hydrogen-bond donors (Lipinski definition) is 3. The SMILES string of the molecule is COOCc1cc(N=Nc2ccc(N=Nc3c(SOOOC)cc4ccc(N=Nc5c(O)c(C(=O)OC)cc6ccccc56)cc4c3O)c(O)c2)cc(C(=O)OC)c1. The van der Waals surface area contributed by atoms with Crippen LogP contribution in [-0.4, -0.2) is 55.7 Å². The van der Waals surface area contributed by atoms with Gasteiger partial charge in [0.05, 0.1) is 68.0 Å². The van der Waals surface area contributed by atoms with Gasteiger partial charge in [-0.3, -0.25) is 0 Å². The Balaban J connectivity index is 1.31. The summed E-state index contributed by atoms with van der Waals surface area (Å²) in [5, 5.41) is 65.2. The number of carbonyl (C=O) groups is 2. The number of hydrogen-bond acceptors (Lipinski definition) is 19. The molecule has 296 valence electrons. The highest BCUT2D eigenvalue weighted by molar-refractivity contribution is 7.94. The third kappa shape index (κ3) is 9.38. The van der Waals surface area contributed by atoms with Gasteiger partial charge in [-0.05, 0) is 70.9 Å². The van der Waals surface area contributed by atoms with Crippen molar-refractivity contribution in [2.45, 2.75) is 11.5 Å². The summed E-state index contributed by atoms with van der Waals surface area (Å²) in [4.78, 5) is 38.9. The zero-order chi connectivity index (χ0) is 41.2. The third-order valence-corrected chi connectivity index (χ3v) is 8.78. The van der Waals surface area contributed by atoms with Crippen LogP contribution in [0.5, 0.6) is 17.2 Å². The van der Waals surface area contributed by atoms with E-state index >= 15 is 0 Å². The minimum absolute atomic E-state index is 0.0129. The summed E-state index contributed by atoms with van der Waals surface area (Å²) in [6, 6.07) is 23.9. The molecule has 0 bridgehead atoms. The first-order valence-electron chi connectivity index (χ1n) is 16.8. The molecule has 19 heteroatoms. The number of carbonyl (C=O) groups excluding carboxylic acids is 2. The third-order valence-electron chi connectivity index (χ3n) is 8.16. The molecule has 6 rings (SSSR count). The number of nitrogens with zero attached hydrogens (tertiary/aromatic N) is 6. The topological polar surface area (TPSA) is 234 Å². The molecule has 3 N–H and O–H groups in total. The first-order valence-corrected chi connectivity index (χ1v) is 17.5. The summed E-state index contributed by atoms with van der Waals surface area (Å²) in [5.74, 6) is -2.39. The Kier molecular flexibility index (Phi) is 13.3. The summed E-state index contributed by atoms with van der Waals surface area (Å²) < 4.78 is 14.6. The summed E-state index contributed by atoms with van der Waals surface area (Å²) in [5.41, 5.74) is 1.52. The number of phenols is 3. The number of benzene rings is 6. The van der Waals surface area contributed by atoms with Crippen LogP contribution in [0.15, 0.2) is 127 Å². The fourth-order valence-corrected chi connectivity index (χ4v) is 6.03. The Bertz CT molecular complexity index is 2600. The van der Waals surface area contributed by atoms with Crippen LogP contribution in [0.1, 0.15) is 26.3 Å². The number of ether oxygens (including phenoxy) is 2. The molecular weight excluding hydrogens is 777 g/mol. The van der Waals surface area contributed by atoms with E-state index in [1.807, 2.05) is 0 Å². The highest BCUT2D eigenvalue weighted by atomic mass is 32.2. The Morgan fingerprint density at radius 2 is 1.33 bits per heavy atom. The van der Waals surface area contributed by atoms with E-state index in [9.17, 15) is 24.9 Å². The Hall–Kier alpha value is -6.87. The highest BCUT2D eigenvalue weighted by Gasteiger charge is 2.20. The van der Waals surface area contributed by atoms with Gasteiger partial charge in [0.2, 0.25) is 0 Å². The predicted octanol–water partition coefficient (Wildman–Crippen LogP) is 10.5. The molecule has 0 aliphatic rings. The zero-order valence-corrected chi connectivity index (χ0v) is 31.8. The molecule has 58 heavy (non-hydrogen) atoms. The maximum Gasteiger partial charge on any atom is 0.341 e. The van der Waals surface area contributed by atoms with Crippen molar-refractivity contribution < 1.29 is 58.4 Å². The van der Waals surface area contributed by atoms with Crippen LogP contribution in [0.25, 0.3) is 21.5 Å². The molecule has 0 fully saturated rings. The van der Waals surface area contributed by atoms with Gasteiger partial charge in [-0.2, -0.15) is 15.3 Å². The first kappa shape index (κ1) is 40.8. The quantitative estimate of drug-likeness (QED) is 0.0219. The van der Waals surface area contributed by atoms with Crippen LogP contribution in [0.3, 0.4) is 0 Å². The molecule has 0 heterocycles. The van der Waals surface area contributed by atoms with Crippen molar-refractivity contribution in [3.05, 3.63) is 108 Å². The number of esters is 2. The molecule has 0 atom stereocenters. The maximum absolute atomic E-state index is 12.4. The Labute approximate surface area is 332 Å². The molecule has 18 nitrogen and oxygen atoms in total. The number of aromatic hydroxyl groups is 3. The lowest BCUT2D eigenvalue weighted by Crippen LogP contribution is -2.02. The molecule has 6 aromatic carbocycles. The van der Waals surface area contributed by atoms with Crippen molar-refractivity contribution in [3.8, 4) is 17.2 Å². The van der Waals surface area contributed by atoms with Crippen LogP contribution >= 0.6 is 12.0 Å². The van der Waals surface area contributed by atoms with Crippen molar-refractivity contribution in [1.82, 2.24) is 0 Å². The summed E-state index contributed by atoms with van der Waals surface area (Å²) >= 11 is 0.674. The van der Waals surface area contributed by atoms with E-state index in [4.69, 9.17) is 18.7 Å². The minimum atomic E-state index is -0.746. The van der Waals surface area contributed by atoms with Gasteiger partial charge in [0.15, 0.2) is 11.5 Å². The zero-order valence-electron chi connectivity index (χ0n) is 31.0. The number of rotatable bonds is 15. The molecule has 0 radical (unpaired) electrons. The molecule has 0 saturated carbocycles. The van der Waals surface area contributed by atoms with Gasteiger partial charge < -0.3 is 24.8 Å². The molecule has 0 saturated heterocycles. The van der Waals surface area contributed by atoms with E-state index in [1.165, 1.54) is 64.8 Å². The van der Waals surface area contributed by atoms with Gasteiger partial charge in [-0.1, -0.05) is 35.4 Å². The summed E-state index contributed by atoms with van der Waals surface area (Å²) in [6.45, 7) is 0.0346. The highest BCUT2D eigenvalue weighted by Crippen LogP contribution is 2.46. The lowest BCUT2D eigenvalue weighted by Gasteiger charge is -2.10. The molecule has 0 aromatic heterocycles. The first-order chi connectivity index (χ1) is 28.1. The second kappa shape index (κ2) is 18.8. The van der Waals surface area contributed by atoms with E-state index in [-0.39, 0.29) is 68.0 Å². The van der Waals surface area contributed by atoms with Gasteiger partial charge in [0.25, 0.3) is 0 Å². The lowest BCUT2D eigenvalue weighted by molar-refractivity contribution is -0.447. The average Bonchev–Trinajstić information content (AvgIpc) is 3.24. The van der Waals surface area contributed by atoms with Crippen LogP contribution < -0.4 is 0 Å². The Morgan fingerprint density at radius 3 is 2.09 bits per heavy atom. The van der Waals surface area contributed by atoms with E-state index in [0.29, 0.717) is 39.5 Å². The second-order valence-electron chi connectivity index (χ2n) is 11.8. The van der Waals surface area contributed by atoms with E-state index in [0.717, 1.165) is 0 Å². The van der Waals surface area contributed by atoms with E-state index in [1.54, 1.807) is 54.6 Å². The van der Waals surface area contributed by atoms with Gasteiger partial charge in [-0.15, -0.1) is 19.7 Å². The fourth-order valence-electron chi connectivity index (χ4n) is 5.48. The smallest absolute Gasteiger partial charge is 0.341 e. The predicted molar refractivity (Wildman–Crippen MR) is 208 cm³/mol. The molecular formula is C39H32N6O12S. The number of phenolic OH excluding ortho intramolecular Hbond substituents is 3. The maximum atomic E-state index is 12.4. The normalized spacial score (nSPS) is 11.7. The molecule has 6 aromatic rings. The standard InChI is InChI=1S/C39H32N6O12S/c1-51-38(49)24-13-21(20-55-53-3)14-27(15-24)42-40-26-11-12-31(32(46)19-26)43-45-35-33(58-57-56-54-4)17-23-9-10-25(18-29(23)36(35)47)41-44-34-28-8-6-5-7-22(28)16-30(37(34)48)39(50)52-2/h5-19,46-48H,20H2,1-4H3. The van der Waals surface area contributed by atoms with Gasteiger partial charge in [0, 0.05) is 16.8 Å². The van der Waals surface area contributed by atoms with E-state index in [2.05, 4.69) is 45.5 Å². The van der Waals surface area contributed by atoms with Gasteiger partial charge in [-0.25, -0.2) is 24.3 Å². The minimum Gasteiger partial charge on any atom is -0.506 e. The molecule has 0 amide bonds. The van der Waals surface area contributed by atoms with Crippen molar-refractivity contribution >= 4 is 79.7 Å². The monoisotopic (exact) mass is 808 g/mol. The van der Waals surface area contributed by atoms with Gasteiger partial charge >= 0.3 is 11.9 Å². The van der Waals surface area contributed by atoms with Crippen LogP contribution in [-0.2, 0) is 40.1 Å². The van der Waals surface area contributed by atoms with Crippen molar-refractivity contribution in [2.75, 3.05) is 28.4 Å². The van der Waals surface area contributed by atoms with Gasteiger partial charge in [0.1, 0.15) is 35.0 Å². The number of fused-ring (bicyclic) bond motifs is 2. The largest absolute Gasteiger partial charge is 0.506 e. The number of azo groups is 3. The van der Waals surface area contributed by atoms with Crippen molar-refractivity contribution in [1.29, 1.82) is 0 Å². The number of methoxy groups -OCH3 is 2. The molecule has 0 aliphatic carbocycles. The van der Waals surface area contributed by atoms with Crippen molar-refractivity contribution in [3.63, 3.8) is 0 Å². The summed E-state index contributed by atoms with van der Waals surface area (Å²) in [6.07, 6.45) is 0. The van der Waals surface area contributed by atoms with Crippen LogP contribution in [0, 0.1) is 0 Å². The molecule has 0 unspecified atom stereocenters. The average molecular weight is 809 g/mol. The fraction of sp³-hybridized carbons (Fsp3) is 0.128. The van der Waals surface area contributed by atoms with Crippen molar-refractivity contribution in [2.24, 2.45) is 30.7 Å². The molecule has 0 aliphatic heterocycles. The lowest BCUT2D eigenvalue weighted by atomic mass is 10.0. The summed E-state index contributed by atoms with van der Waals surface area (Å²) in [7, 11) is 5.05. The van der Waals surface area contributed by atoms with Crippen LogP contribution in [0.2, 0.25) is 0 Å². The van der Waals surface area contributed by atoms with Crippen LogP contribution in [0.4, 0.5) is 34.1 Å². The molecule has 0 spiro atoms. The van der Waals surface area contributed by atoms with E-state index < -0.39 is 17.7 Å².